The summed E-state index contributed by atoms with van der Waals surface area (Å²) in [6, 6.07) is 5.09. The second-order valence-corrected chi connectivity index (χ2v) is 5.66. The Morgan fingerprint density at radius 2 is 2.11 bits per heavy atom. The van der Waals surface area contributed by atoms with Crippen molar-refractivity contribution in [2.45, 2.75) is 32.5 Å². The first kappa shape index (κ1) is 15.9. The molecule has 1 aromatic carbocycles. The molecule has 0 radical (unpaired) electrons. The summed E-state index contributed by atoms with van der Waals surface area (Å²) in [5.41, 5.74) is 1.71. The fourth-order valence-corrected chi connectivity index (χ4v) is 2.40. The second kappa shape index (κ2) is 7.43. The molecule has 0 aliphatic rings. The average molecular weight is 282 g/mol. The van der Waals surface area contributed by atoms with Crippen molar-refractivity contribution < 1.29 is 19.8 Å². The normalized spacial score (nSPS) is 13.9. The average Bonchev–Trinajstić information content (AvgIpc) is 2.37. The molecule has 19 heavy (non-hydrogen) atoms. The van der Waals surface area contributed by atoms with Crippen LogP contribution in [-0.2, 0) is 4.79 Å². The molecule has 1 aromatic rings. The molecule has 0 aliphatic carbocycles. The first-order valence-electron chi connectivity index (χ1n) is 6.01. The van der Waals surface area contributed by atoms with Crippen LogP contribution in [0.3, 0.4) is 0 Å². The van der Waals surface area contributed by atoms with Crippen molar-refractivity contribution in [2.75, 3.05) is 5.75 Å². The van der Waals surface area contributed by atoms with Gasteiger partial charge in [0.15, 0.2) is 5.12 Å². The Balaban J connectivity index is 2.73. The Labute approximate surface area is 116 Å². The molecule has 2 atom stereocenters. The molecule has 2 unspecified atom stereocenters. The summed E-state index contributed by atoms with van der Waals surface area (Å²) in [4.78, 5) is 21.7. The van der Waals surface area contributed by atoms with E-state index in [-0.39, 0.29) is 11.5 Å². The number of hydrogen-bond acceptors (Lipinski definition) is 5. The van der Waals surface area contributed by atoms with E-state index in [1.165, 1.54) is 6.92 Å². The van der Waals surface area contributed by atoms with Crippen molar-refractivity contribution in [1.82, 2.24) is 0 Å². The summed E-state index contributed by atoms with van der Waals surface area (Å²) in [6.07, 6.45) is -1.15. The van der Waals surface area contributed by atoms with Gasteiger partial charge >= 0.3 is 0 Å². The van der Waals surface area contributed by atoms with Crippen molar-refractivity contribution in [3.8, 4) is 0 Å². The van der Waals surface area contributed by atoms with E-state index >= 15 is 0 Å². The van der Waals surface area contributed by atoms with Gasteiger partial charge in [0.25, 0.3) is 0 Å². The highest BCUT2D eigenvalue weighted by Gasteiger charge is 2.21. The van der Waals surface area contributed by atoms with Gasteiger partial charge in [0.05, 0.1) is 6.10 Å². The zero-order chi connectivity index (χ0) is 14.4. The number of carbonyl (C=O) groups is 2. The van der Waals surface area contributed by atoms with Crippen LogP contribution in [-0.4, -0.2) is 33.5 Å². The van der Waals surface area contributed by atoms with Crippen molar-refractivity contribution in [3.05, 3.63) is 34.9 Å². The van der Waals surface area contributed by atoms with Crippen molar-refractivity contribution in [2.24, 2.45) is 0 Å². The van der Waals surface area contributed by atoms with E-state index in [9.17, 15) is 19.8 Å². The standard InChI is InChI=1S/C14H18O4S/c1-9-3-4-12(11(7-9)8-15)14(18)13(17)5-6-19-10(2)16/h3-4,7-8,13-14,17-18H,5-6H2,1-2H3. The number of carbonyl (C=O) groups excluding carboxylic acids is 2. The molecule has 0 spiro atoms. The van der Waals surface area contributed by atoms with E-state index in [4.69, 9.17) is 0 Å². The van der Waals surface area contributed by atoms with Crippen LogP contribution in [0.1, 0.15) is 40.9 Å². The maximum atomic E-state index is 11.0. The molecular formula is C14H18O4S. The van der Waals surface area contributed by atoms with Crippen LogP contribution in [0.4, 0.5) is 0 Å². The lowest BCUT2D eigenvalue weighted by Gasteiger charge is -2.19. The maximum Gasteiger partial charge on any atom is 0.185 e. The second-order valence-electron chi connectivity index (χ2n) is 4.39. The van der Waals surface area contributed by atoms with Crippen molar-refractivity contribution >= 4 is 23.2 Å². The molecule has 0 saturated carbocycles. The van der Waals surface area contributed by atoms with E-state index in [1.54, 1.807) is 18.2 Å². The molecule has 1 rings (SSSR count). The fraction of sp³-hybridized carbons (Fsp3) is 0.429. The molecule has 5 heteroatoms. The van der Waals surface area contributed by atoms with Gasteiger partial charge in [-0.15, -0.1) is 0 Å². The van der Waals surface area contributed by atoms with E-state index in [2.05, 4.69) is 0 Å². The summed E-state index contributed by atoms with van der Waals surface area (Å²) in [7, 11) is 0. The number of benzene rings is 1. The van der Waals surface area contributed by atoms with Crippen LogP contribution in [0, 0.1) is 6.92 Å². The van der Waals surface area contributed by atoms with Crippen LogP contribution < -0.4 is 0 Å². The summed E-state index contributed by atoms with van der Waals surface area (Å²) in [5, 5.41) is 19.9. The van der Waals surface area contributed by atoms with E-state index in [0.29, 0.717) is 23.2 Å². The third-order valence-corrected chi connectivity index (χ3v) is 3.62. The Morgan fingerprint density at radius 3 is 2.68 bits per heavy atom. The highest BCUT2D eigenvalue weighted by Crippen LogP contribution is 2.24. The van der Waals surface area contributed by atoms with Crippen LogP contribution in [0.25, 0.3) is 0 Å². The maximum absolute atomic E-state index is 11.0. The number of aldehydes is 1. The minimum absolute atomic E-state index is 0.0226. The Morgan fingerprint density at radius 1 is 1.42 bits per heavy atom. The molecule has 0 bridgehead atoms. The van der Waals surface area contributed by atoms with Crippen LogP contribution in [0.5, 0.6) is 0 Å². The predicted octanol–water partition coefficient (Wildman–Crippen LogP) is 1.87. The highest BCUT2D eigenvalue weighted by molar-refractivity contribution is 8.13. The summed E-state index contributed by atoms with van der Waals surface area (Å²) in [6.45, 7) is 3.31. The van der Waals surface area contributed by atoms with Crippen molar-refractivity contribution in [3.63, 3.8) is 0 Å². The Kier molecular flexibility index (Phi) is 6.21. The lowest BCUT2D eigenvalue weighted by molar-refractivity contribution is -0.109. The van der Waals surface area contributed by atoms with E-state index in [1.807, 2.05) is 6.92 Å². The fourth-order valence-electron chi connectivity index (χ4n) is 1.75. The first-order chi connectivity index (χ1) is 8.95. The van der Waals surface area contributed by atoms with Gasteiger partial charge in [-0.05, 0) is 25.0 Å². The smallest absolute Gasteiger partial charge is 0.185 e. The molecule has 104 valence electrons. The van der Waals surface area contributed by atoms with Crippen LogP contribution in [0.2, 0.25) is 0 Å². The predicted molar refractivity (Wildman–Crippen MR) is 75.3 cm³/mol. The molecule has 0 aromatic heterocycles. The Bertz CT molecular complexity index is 459. The molecule has 2 N–H and O–H groups in total. The van der Waals surface area contributed by atoms with Gasteiger partial charge in [-0.3, -0.25) is 9.59 Å². The monoisotopic (exact) mass is 282 g/mol. The van der Waals surface area contributed by atoms with Gasteiger partial charge in [-0.25, -0.2) is 0 Å². The number of aliphatic hydroxyl groups is 2. The molecule has 0 heterocycles. The lowest BCUT2D eigenvalue weighted by atomic mass is 9.96. The minimum Gasteiger partial charge on any atom is -0.390 e. The lowest BCUT2D eigenvalue weighted by Crippen LogP contribution is -2.20. The molecule has 4 nitrogen and oxygen atoms in total. The van der Waals surface area contributed by atoms with Gasteiger partial charge in [0.2, 0.25) is 0 Å². The number of hydrogen-bond donors (Lipinski definition) is 2. The third-order valence-electron chi connectivity index (χ3n) is 2.77. The number of aryl methyl sites for hydroxylation is 1. The van der Waals surface area contributed by atoms with E-state index < -0.39 is 12.2 Å². The summed E-state index contributed by atoms with van der Waals surface area (Å²) in [5.74, 6) is 0.440. The van der Waals surface area contributed by atoms with Crippen LogP contribution in [0.15, 0.2) is 18.2 Å². The van der Waals surface area contributed by atoms with Crippen LogP contribution >= 0.6 is 11.8 Å². The Hall–Kier alpha value is -1.17. The molecule has 0 amide bonds. The minimum atomic E-state index is -1.12. The number of rotatable bonds is 6. The zero-order valence-electron chi connectivity index (χ0n) is 11.0. The zero-order valence-corrected chi connectivity index (χ0v) is 11.8. The SMILES string of the molecule is CC(=O)SCCC(O)C(O)c1ccc(C)cc1C=O. The van der Waals surface area contributed by atoms with E-state index in [0.717, 1.165) is 17.3 Å². The van der Waals surface area contributed by atoms with Gasteiger partial charge < -0.3 is 10.2 Å². The molecule has 0 aliphatic heterocycles. The number of thioether (sulfide) groups is 1. The van der Waals surface area contributed by atoms with Gasteiger partial charge in [0.1, 0.15) is 12.4 Å². The largest absolute Gasteiger partial charge is 0.390 e. The highest BCUT2D eigenvalue weighted by atomic mass is 32.2. The molecule has 0 saturated heterocycles. The number of aliphatic hydroxyl groups excluding tert-OH is 2. The topological polar surface area (TPSA) is 74.6 Å². The van der Waals surface area contributed by atoms with Gasteiger partial charge in [0, 0.05) is 18.2 Å². The summed E-state index contributed by atoms with van der Waals surface area (Å²) < 4.78 is 0. The summed E-state index contributed by atoms with van der Waals surface area (Å²) >= 11 is 1.11. The van der Waals surface area contributed by atoms with Gasteiger partial charge in [-0.2, -0.15) is 0 Å². The van der Waals surface area contributed by atoms with Gasteiger partial charge in [-0.1, -0.05) is 29.5 Å². The molecule has 0 fully saturated rings. The first-order valence-corrected chi connectivity index (χ1v) is 6.99. The third kappa shape index (κ3) is 4.78. The molecular weight excluding hydrogens is 264 g/mol. The van der Waals surface area contributed by atoms with Crippen molar-refractivity contribution in [1.29, 1.82) is 0 Å². The quantitative estimate of drug-likeness (QED) is 0.779.